The zero-order valence-electron chi connectivity index (χ0n) is 40.9. The van der Waals surface area contributed by atoms with Gasteiger partial charge < -0.3 is 29.7 Å². The van der Waals surface area contributed by atoms with Crippen LogP contribution in [0.5, 0.6) is 5.88 Å². The van der Waals surface area contributed by atoms with Gasteiger partial charge in [-0.25, -0.2) is 17.5 Å². The largest absolute Gasteiger partial charge is 0.474 e. The number of ether oxygens (including phenoxy) is 1. The van der Waals surface area contributed by atoms with E-state index in [1.165, 1.54) is 28.8 Å². The van der Waals surface area contributed by atoms with Crippen LogP contribution in [0.4, 0.5) is 28.4 Å². The smallest absolute Gasteiger partial charge is 0.293 e. The van der Waals surface area contributed by atoms with E-state index in [-0.39, 0.29) is 35.4 Å². The molecule has 378 valence electrons. The van der Waals surface area contributed by atoms with Gasteiger partial charge in [0.2, 0.25) is 5.88 Å². The molecular weight excluding hydrogens is 964 g/mol. The molecule has 3 N–H and O–H groups in total. The molecule has 0 bridgehead atoms. The second-order valence-corrected chi connectivity index (χ2v) is 25.0. The molecule has 5 aromatic rings. The summed E-state index contributed by atoms with van der Waals surface area (Å²) >= 11 is 6.28. The van der Waals surface area contributed by atoms with Gasteiger partial charge in [-0.05, 0) is 110 Å². The predicted octanol–water partition coefficient (Wildman–Crippen LogP) is 8.55. The van der Waals surface area contributed by atoms with E-state index in [0.29, 0.717) is 36.0 Å². The number of hydrogen-bond donors (Lipinski definition) is 3. The third-order valence-electron chi connectivity index (χ3n) is 14.0. The number of fused-ring (bicyclic) bond motifs is 2. The fourth-order valence-electron chi connectivity index (χ4n) is 10.3. The highest BCUT2D eigenvalue weighted by atomic mass is 35.5. The number of piperidine rings is 1. The number of likely N-dealkylation sites (tertiary alicyclic amines) is 1. The Hall–Kier alpha value is -5.73. The molecule has 2 fully saturated rings. The molecule has 0 unspecified atom stereocenters. The molecule has 5 heterocycles. The van der Waals surface area contributed by atoms with Crippen LogP contribution in [0.2, 0.25) is 5.02 Å². The second-order valence-electron chi connectivity index (χ2n) is 20.4. The highest BCUT2D eigenvalue weighted by molar-refractivity contribution is 7.92. The minimum atomic E-state index is -4.61. The first-order valence-electron chi connectivity index (χ1n) is 24.2. The van der Waals surface area contributed by atoms with E-state index in [4.69, 9.17) is 21.3 Å². The van der Waals surface area contributed by atoms with Crippen molar-refractivity contribution in [1.82, 2.24) is 24.5 Å². The lowest BCUT2D eigenvalue weighted by Gasteiger charge is -2.39. The van der Waals surface area contributed by atoms with Crippen LogP contribution in [-0.4, -0.2) is 133 Å². The summed E-state index contributed by atoms with van der Waals surface area (Å²) in [4.78, 5) is 42.6. The molecule has 2 saturated heterocycles. The molecule has 0 radical (unpaired) electrons. The first kappa shape index (κ1) is 50.2. The van der Waals surface area contributed by atoms with Crippen molar-refractivity contribution in [1.29, 1.82) is 0 Å². The summed E-state index contributed by atoms with van der Waals surface area (Å²) in [5.74, 6) is -0.519. The summed E-state index contributed by atoms with van der Waals surface area (Å²) in [5.41, 5.74) is 6.75. The lowest BCUT2D eigenvalue weighted by atomic mass is 9.72. The Morgan fingerprint density at radius 1 is 0.958 bits per heavy atom. The van der Waals surface area contributed by atoms with Crippen LogP contribution in [0.15, 0.2) is 93.8 Å². The maximum atomic E-state index is 14.4. The molecule has 2 aromatic heterocycles. The number of amides is 1. The maximum Gasteiger partial charge on any atom is 0.293 e. The molecular formula is C51H63ClN10O7S2. The monoisotopic (exact) mass is 1030 g/mol. The SMILES string of the molecule is C[C@@H](CN1CCC(N=S(C)(C)=O)CC1)Nc1ccc(S(=O)(=O)NC(=O)c2ccc(N3CCN(CC4=C(c5ccc(Cl)cc5)CC(C)(C)CC4)CC3)cc2N2CCOc3nc4[nH]ccc4cc32)cc1[N+](=O)[O-]. The van der Waals surface area contributed by atoms with Gasteiger partial charge in [0, 0.05) is 109 Å². The zero-order chi connectivity index (χ0) is 50.2. The fraction of sp³-hybridized carbons (Fsp3) is 0.451. The number of carbonyl (C=O) groups excluding carboxylic acids is 1. The van der Waals surface area contributed by atoms with Crippen molar-refractivity contribution in [3.63, 3.8) is 0 Å². The normalized spacial score (nSPS) is 18.7. The van der Waals surface area contributed by atoms with Crippen LogP contribution in [0.3, 0.4) is 0 Å². The molecule has 0 spiro atoms. The van der Waals surface area contributed by atoms with Gasteiger partial charge in [0.15, 0.2) is 0 Å². The number of rotatable bonds is 14. The highest BCUT2D eigenvalue weighted by Gasteiger charge is 2.33. The standard InChI is InChI=1S/C51H63ClN10O7S2/c1-34(32-58-20-16-39(17-21-58)56-70(4,5)66)54-44-13-11-41(30-46(44)62(64)65)71(67,68)57-49(63)42-12-10-40(29-45(42)61-26-27-69-50-47(61)28-36-15-19-53-48(36)55-50)60-24-22-59(23-25-60)33-37-14-18-51(2,3)31-43(37)35-6-8-38(52)9-7-35/h6-13,15,19,28-30,34,39,54H,14,16-18,20-27,31-33H2,1-5H3,(H,53,55)(H,57,63)/t34-/m0/s1. The Bertz CT molecular complexity index is 3090. The number of nitrogens with one attached hydrogen (secondary N) is 3. The third-order valence-corrected chi connectivity index (χ3v) is 16.4. The average molecular weight is 1030 g/mol. The first-order chi connectivity index (χ1) is 33.8. The number of nitro groups is 1. The van der Waals surface area contributed by atoms with Crippen molar-refractivity contribution >= 4 is 82.3 Å². The Balaban J connectivity index is 0.938. The number of hydrogen-bond acceptors (Lipinski definition) is 14. The summed E-state index contributed by atoms with van der Waals surface area (Å²) in [5, 5.41) is 17.2. The van der Waals surface area contributed by atoms with Crippen LogP contribution in [0.1, 0.15) is 68.8 Å². The minimum Gasteiger partial charge on any atom is -0.474 e. The van der Waals surface area contributed by atoms with Crippen molar-refractivity contribution in [2.75, 3.05) is 93.1 Å². The molecule has 1 amide bonds. The van der Waals surface area contributed by atoms with Gasteiger partial charge in [-0.15, -0.1) is 0 Å². The number of sulfonamides is 1. The first-order valence-corrected chi connectivity index (χ1v) is 28.4. The quantitative estimate of drug-likeness (QED) is 0.0707. The van der Waals surface area contributed by atoms with E-state index in [1.54, 1.807) is 24.8 Å². The van der Waals surface area contributed by atoms with Crippen LogP contribution in [0, 0.1) is 15.5 Å². The van der Waals surface area contributed by atoms with Gasteiger partial charge in [-0.1, -0.05) is 43.2 Å². The summed E-state index contributed by atoms with van der Waals surface area (Å²) in [7, 11) is -6.81. The number of H-pyrrole nitrogens is 1. The van der Waals surface area contributed by atoms with E-state index in [0.717, 1.165) is 100 Å². The number of halogens is 1. The van der Waals surface area contributed by atoms with Gasteiger partial charge >= 0.3 is 0 Å². The number of nitrogens with zero attached hydrogens (tertiary/aromatic N) is 7. The summed E-state index contributed by atoms with van der Waals surface area (Å²) in [6.45, 7) is 13.3. The van der Waals surface area contributed by atoms with Gasteiger partial charge in [0.05, 0.1) is 33.7 Å². The number of aromatic amines is 1. The lowest BCUT2D eigenvalue weighted by molar-refractivity contribution is -0.384. The van der Waals surface area contributed by atoms with Crippen LogP contribution in [0.25, 0.3) is 16.6 Å². The number of pyridine rings is 1. The van der Waals surface area contributed by atoms with Crippen LogP contribution >= 0.6 is 11.6 Å². The molecule has 1 aliphatic carbocycles. The van der Waals surface area contributed by atoms with E-state index in [1.807, 2.05) is 48.2 Å². The molecule has 3 aliphatic heterocycles. The van der Waals surface area contributed by atoms with Crippen molar-refractivity contribution in [2.45, 2.75) is 69.9 Å². The lowest BCUT2D eigenvalue weighted by Crippen LogP contribution is -2.47. The molecule has 71 heavy (non-hydrogen) atoms. The Labute approximate surface area is 421 Å². The predicted molar refractivity (Wildman–Crippen MR) is 282 cm³/mol. The van der Waals surface area contributed by atoms with E-state index < -0.39 is 41.2 Å². The summed E-state index contributed by atoms with van der Waals surface area (Å²) in [6, 6.07) is 20.9. The number of allylic oxidation sites excluding steroid dienone is 1. The molecule has 1 atom stereocenters. The zero-order valence-corrected chi connectivity index (χ0v) is 43.3. The van der Waals surface area contributed by atoms with Gasteiger partial charge in [-0.3, -0.25) is 24.0 Å². The Morgan fingerprint density at radius 2 is 1.70 bits per heavy atom. The fourth-order valence-corrected chi connectivity index (χ4v) is 12.4. The topological polar surface area (TPSA) is 199 Å². The van der Waals surface area contributed by atoms with E-state index in [9.17, 15) is 27.5 Å². The van der Waals surface area contributed by atoms with Gasteiger partial charge in [-0.2, -0.15) is 4.98 Å². The van der Waals surface area contributed by atoms with Crippen LogP contribution < -0.4 is 24.6 Å². The maximum absolute atomic E-state index is 14.4. The molecule has 4 aliphatic rings. The molecule has 9 rings (SSSR count). The van der Waals surface area contributed by atoms with Crippen LogP contribution in [-0.2, 0) is 19.8 Å². The van der Waals surface area contributed by atoms with E-state index in [2.05, 4.69) is 60.1 Å². The number of piperazine rings is 1. The van der Waals surface area contributed by atoms with Gasteiger partial charge in [0.1, 0.15) is 23.6 Å². The number of anilines is 4. The summed E-state index contributed by atoms with van der Waals surface area (Å²) < 4.78 is 53.0. The van der Waals surface area contributed by atoms with Gasteiger partial charge in [0.25, 0.3) is 21.6 Å². The second kappa shape index (κ2) is 20.4. The van der Waals surface area contributed by atoms with Crippen molar-refractivity contribution in [3.8, 4) is 5.88 Å². The Kier molecular flexibility index (Phi) is 14.4. The molecule has 0 saturated carbocycles. The number of benzene rings is 3. The number of carbonyl (C=O) groups is 1. The van der Waals surface area contributed by atoms with Crippen molar-refractivity contribution in [2.24, 2.45) is 9.78 Å². The molecule has 20 heteroatoms. The minimum absolute atomic E-state index is 0.0367. The average Bonchev–Trinajstić information content (AvgIpc) is 3.79. The molecule has 3 aromatic carbocycles. The van der Waals surface area contributed by atoms with Crippen molar-refractivity contribution in [3.05, 3.63) is 111 Å². The van der Waals surface area contributed by atoms with Crippen molar-refractivity contribution < 1.29 is 27.1 Å². The Morgan fingerprint density at radius 3 is 2.42 bits per heavy atom. The number of aromatic nitrogens is 2. The van der Waals surface area contributed by atoms with E-state index >= 15 is 0 Å². The number of nitro benzene ring substituents is 1. The highest BCUT2D eigenvalue weighted by Crippen LogP contribution is 2.44. The summed E-state index contributed by atoms with van der Waals surface area (Å²) in [6.07, 6.45) is 9.79. The molecule has 17 nitrogen and oxygen atoms in total. The third kappa shape index (κ3) is 11.8.